The molecule has 3 aromatic rings. The lowest BCUT2D eigenvalue weighted by Gasteiger charge is -2.11. The Hall–Kier alpha value is -3.06. The number of nitrogens with one attached hydrogen (secondary N) is 1. The summed E-state index contributed by atoms with van der Waals surface area (Å²) in [5.41, 5.74) is 0.510. The molecule has 6 nitrogen and oxygen atoms in total. The third kappa shape index (κ3) is 4.57. The fourth-order valence-corrected chi connectivity index (χ4v) is 3.66. The topological polar surface area (TPSA) is 81.7 Å². The number of fused-ring (bicyclic) bond motifs is 1. The summed E-state index contributed by atoms with van der Waals surface area (Å²) in [4.78, 5) is 11.4. The highest BCUT2D eigenvalue weighted by Crippen LogP contribution is 2.26. The van der Waals surface area contributed by atoms with Crippen molar-refractivity contribution < 1.29 is 22.7 Å². The van der Waals surface area contributed by atoms with Gasteiger partial charge in [-0.25, -0.2) is 13.2 Å². The highest BCUT2D eigenvalue weighted by atomic mass is 32.2. The molecule has 0 radical (unpaired) electrons. The molecule has 0 bridgehead atoms. The maximum atomic E-state index is 12.7. The van der Waals surface area contributed by atoms with Crippen molar-refractivity contribution >= 4 is 32.5 Å². The second-order valence-electron chi connectivity index (χ2n) is 5.70. The molecule has 0 aliphatic rings. The van der Waals surface area contributed by atoms with Crippen LogP contribution >= 0.6 is 0 Å². The van der Waals surface area contributed by atoms with Crippen molar-refractivity contribution in [3.63, 3.8) is 0 Å². The van der Waals surface area contributed by atoms with Crippen LogP contribution in [0.2, 0.25) is 0 Å². The summed E-state index contributed by atoms with van der Waals surface area (Å²) in [6.45, 7) is 1.76. The Morgan fingerprint density at radius 1 is 0.963 bits per heavy atom. The van der Waals surface area contributed by atoms with Crippen molar-refractivity contribution in [1.29, 1.82) is 0 Å². The predicted octanol–water partition coefficient (Wildman–Crippen LogP) is 3.58. The summed E-state index contributed by atoms with van der Waals surface area (Å²) < 4.78 is 38.0. The fraction of sp³-hybridized carbons (Fsp3) is 0.150. The molecule has 3 aromatic carbocycles. The monoisotopic (exact) mass is 385 g/mol. The van der Waals surface area contributed by atoms with Crippen molar-refractivity contribution in [2.75, 3.05) is 17.9 Å². The molecular weight excluding hydrogens is 366 g/mol. The molecule has 0 unspecified atom stereocenters. The lowest BCUT2D eigenvalue weighted by atomic mass is 10.1. The maximum Gasteiger partial charge on any atom is 0.344 e. The molecular formula is C20H19NO5S. The van der Waals surface area contributed by atoms with Crippen LogP contribution in [-0.4, -0.2) is 27.6 Å². The highest BCUT2D eigenvalue weighted by molar-refractivity contribution is 7.92. The first-order valence-corrected chi connectivity index (χ1v) is 9.87. The third-order valence-corrected chi connectivity index (χ3v) is 5.21. The van der Waals surface area contributed by atoms with Gasteiger partial charge in [0.05, 0.1) is 17.2 Å². The lowest BCUT2D eigenvalue weighted by Crippen LogP contribution is -2.15. The summed E-state index contributed by atoms with van der Waals surface area (Å²) in [5, 5.41) is 1.76. The first-order valence-electron chi connectivity index (χ1n) is 8.38. The average molecular weight is 385 g/mol. The van der Waals surface area contributed by atoms with Crippen molar-refractivity contribution in [2.45, 2.75) is 11.8 Å². The summed E-state index contributed by atoms with van der Waals surface area (Å²) in [7, 11) is -3.76. The van der Waals surface area contributed by atoms with Crippen LogP contribution in [0.5, 0.6) is 5.75 Å². The fourth-order valence-electron chi connectivity index (χ4n) is 2.58. The Bertz CT molecular complexity index is 1040. The second kappa shape index (κ2) is 8.09. The van der Waals surface area contributed by atoms with Crippen LogP contribution in [0.1, 0.15) is 6.92 Å². The molecule has 140 valence electrons. The van der Waals surface area contributed by atoms with Crippen LogP contribution in [0.15, 0.2) is 71.6 Å². The van der Waals surface area contributed by atoms with Gasteiger partial charge in [0.25, 0.3) is 10.0 Å². The Morgan fingerprint density at radius 2 is 1.67 bits per heavy atom. The summed E-state index contributed by atoms with van der Waals surface area (Å²) >= 11 is 0. The van der Waals surface area contributed by atoms with E-state index in [9.17, 15) is 13.2 Å². The van der Waals surface area contributed by atoms with E-state index in [-0.39, 0.29) is 18.1 Å². The molecule has 0 saturated heterocycles. The van der Waals surface area contributed by atoms with Gasteiger partial charge in [0, 0.05) is 5.39 Å². The van der Waals surface area contributed by atoms with E-state index in [0.29, 0.717) is 11.4 Å². The molecule has 0 spiro atoms. The predicted molar refractivity (Wildman–Crippen MR) is 103 cm³/mol. The number of benzene rings is 3. The van der Waals surface area contributed by atoms with Gasteiger partial charge in [-0.05, 0) is 42.6 Å². The number of ether oxygens (including phenoxy) is 2. The SMILES string of the molecule is CCOC(=O)COc1ccc(S(=O)(=O)Nc2cccc3ccccc23)cc1. The largest absolute Gasteiger partial charge is 0.482 e. The van der Waals surface area contributed by atoms with E-state index in [2.05, 4.69) is 4.72 Å². The molecule has 0 heterocycles. The van der Waals surface area contributed by atoms with Crippen LogP contribution in [0, 0.1) is 0 Å². The van der Waals surface area contributed by atoms with Crippen LogP contribution in [0.3, 0.4) is 0 Å². The van der Waals surface area contributed by atoms with Gasteiger partial charge in [-0.15, -0.1) is 0 Å². The summed E-state index contributed by atoms with van der Waals surface area (Å²) in [6.07, 6.45) is 0. The smallest absolute Gasteiger partial charge is 0.344 e. The third-order valence-electron chi connectivity index (χ3n) is 3.83. The summed E-state index contributed by atoms with van der Waals surface area (Å²) in [6, 6.07) is 18.8. The van der Waals surface area contributed by atoms with Gasteiger partial charge in [-0.3, -0.25) is 4.72 Å². The minimum Gasteiger partial charge on any atom is -0.482 e. The minimum absolute atomic E-state index is 0.0962. The van der Waals surface area contributed by atoms with Crippen LogP contribution in [-0.2, 0) is 19.6 Å². The van der Waals surface area contributed by atoms with Crippen LogP contribution < -0.4 is 9.46 Å². The number of anilines is 1. The molecule has 7 heteroatoms. The Balaban J connectivity index is 1.76. The van der Waals surface area contributed by atoms with Crippen LogP contribution in [0.4, 0.5) is 5.69 Å². The number of carbonyl (C=O) groups is 1. The zero-order valence-electron chi connectivity index (χ0n) is 14.7. The van der Waals surface area contributed by atoms with E-state index in [4.69, 9.17) is 9.47 Å². The highest BCUT2D eigenvalue weighted by Gasteiger charge is 2.15. The average Bonchev–Trinajstić information content (AvgIpc) is 2.67. The Kier molecular flexibility index (Phi) is 5.61. The number of carbonyl (C=O) groups excluding carboxylic acids is 1. The van der Waals surface area contributed by atoms with Crippen molar-refractivity contribution in [2.24, 2.45) is 0 Å². The lowest BCUT2D eigenvalue weighted by molar-refractivity contribution is -0.145. The van der Waals surface area contributed by atoms with E-state index >= 15 is 0 Å². The van der Waals surface area contributed by atoms with E-state index in [1.807, 2.05) is 30.3 Å². The standard InChI is InChI=1S/C20H19NO5S/c1-2-25-20(22)14-26-16-10-12-17(13-11-16)27(23,24)21-19-9-5-7-15-6-3-4-8-18(15)19/h3-13,21H,2,14H2,1H3. The Morgan fingerprint density at radius 3 is 2.41 bits per heavy atom. The second-order valence-corrected chi connectivity index (χ2v) is 7.38. The Labute approximate surface area is 157 Å². The van der Waals surface area contributed by atoms with Gasteiger partial charge in [-0.2, -0.15) is 0 Å². The van der Waals surface area contributed by atoms with E-state index < -0.39 is 16.0 Å². The number of hydrogen-bond acceptors (Lipinski definition) is 5. The van der Waals surface area contributed by atoms with E-state index in [1.165, 1.54) is 24.3 Å². The molecule has 0 aliphatic carbocycles. The van der Waals surface area contributed by atoms with Gasteiger partial charge in [0.1, 0.15) is 5.75 Å². The molecule has 3 rings (SSSR count). The molecule has 0 aromatic heterocycles. The minimum atomic E-state index is -3.76. The van der Waals surface area contributed by atoms with Gasteiger partial charge in [0.15, 0.2) is 6.61 Å². The van der Waals surface area contributed by atoms with Crippen molar-refractivity contribution in [3.05, 3.63) is 66.7 Å². The van der Waals surface area contributed by atoms with Gasteiger partial charge in [-0.1, -0.05) is 36.4 Å². The number of esters is 1. The molecule has 1 N–H and O–H groups in total. The van der Waals surface area contributed by atoms with Crippen molar-refractivity contribution in [3.8, 4) is 5.75 Å². The van der Waals surface area contributed by atoms with E-state index in [1.54, 1.807) is 19.1 Å². The molecule has 27 heavy (non-hydrogen) atoms. The normalized spacial score (nSPS) is 11.1. The van der Waals surface area contributed by atoms with Gasteiger partial charge in [0.2, 0.25) is 0 Å². The molecule has 0 aliphatic heterocycles. The molecule has 0 atom stereocenters. The zero-order chi connectivity index (χ0) is 19.3. The number of rotatable bonds is 7. The zero-order valence-corrected chi connectivity index (χ0v) is 15.5. The summed E-state index contributed by atoms with van der Waals surface area (Å²) in [5.74, 6) is -0.0982. The van der Waals surface area contributed by atoms with E-state index in [0.717, 1.165) is 10.8 Å². The molecule has 0 saturated carbocycles. The molecule has 0 fully saturated rings. The maximum absolute atomic E-state index is 12.7. The first-order chi connectivity index (χ1) is 13.0. The van der Waals surface area contributed by atoms with Crippen LogP contribution in [0.25, 0.3) is 10.8 Å². The number of sulfonamides is 1. The number of hydrogen-bond donors (Lipinski definition) is 1. The van der Waals surface area contributed by atoms with Crippen molar-refractivity contribution in [1.82, 2.24) is 0 Å². The quantitative estimate of drug-likeness (QED) is 0.629. The van der Waals surface area contributed by atoms with Gasteiger partial charge < -0.3 is 9.47 Å². The molecule has 0 amide bonds. The first kappa shape index (κ1) is 18.7. The van der Waals surface area contributed by atoms with Gasteiger partial charge >= 0.3 is 5.97 Å².